The highest BCUT2D eigenvalue weighted by Crippen LogP contribution is 2.23. The summed E-state index contributed by atoms with van der Waals surface area (Å²) in [4.78, 5) is 12.2. The predicted molar refractivity (Wildman–Crippen MR) is 73.2 cm³/mol. The summed E-state index contributed by atoms with van der Waals surface area (Å²) in [6.45, 7) is 1.21. The van der Waals surface area contributed by atoms with Crippen LogP contribution in [0.5, 0.6) is 0 Å². The summed E-state index contributed by atoms with van der Waals surface area (Å²) in [7, 11) is 0. The zero-order valence-corrected chi connectivity index (χ0v) is 11.3. The van der Waals surface area contributed by atoms with Gasteiger partial charge in [0, 0.05) is 18.4 Å². The van der Waals surface area contributed by atoms with Gasteiger partial charge in [0.1, 0.15) is 17.5 Å². The molecule has 1 aliphatic rings. The number of hydrogen-bond donors (Lipinski definition) is 1. The van der Waals surface area contributed by atoms with Crippen LogP contribution in [0.4, 0.5) is 4.39 Å². The molecule has 1 saturated heterocycles. The van der Waals surface area contributed by atoms with Gasteiger partial charge in [-0.2, -0.15) is 5.10 Å². The van der Waals surface area contributed by atoms with Crippen LogP contribution in [0.15, 0.2) is 30.5 Å². The number of rotatable bonds is 3. The van der Waals surface area contributed by atoms with Gasteiger partial charge in [0.15, 0.2) is 0 Å². The Balaban J connectivity index is 1.78. The third-order valence-corrected chi connectivity index (χ3v) is 3.43. The first-order chi connectivity index (χ1) is 10.2. The van der Waals surface area contributed by atoms with Gasteiger partial charge in [-0.3, -0.25) is 5.10 Å². The predicted octanol–water partition coefficient (Wildman–Crippen LogP) is 2.55. The summed E-state index contributed by atoms with van der Waals surface area (Å²) in [6, 6.07) is 5.86. The zero-order chi connectivity index (χ0) is 14.7. The minimum absolute atomic E-state index is 0.123. The second-order valence-corrected chi connectivity index (χ2v) is 4.88. The molecule has 1 aromatic carbocycles. The van der Waals surface area contributed by atoms with E-state index in [9.17, 15) is 9.18 Å². The second kappa shape index (κ2) is 6.05. The van der Waals surface area contributed by atoms with Crippen LogP contribution >= 0.6 is 0 Å². The minimum atomic E-state index is -0.421. The summed E-state index contributed by atoms with van der Waals surface area (Å²) >= 11 is 0. The summed E-state index contributed by atoms with van der Waals surface area (Å²) in [6.07, 6.45) is 2.72. The molecule has 1 N–H and O–H groups in total. The number of nitrogens with zero attached hydrogens (tertiary/aromatic N) is 1. The molecule has 0 spiro atoms. The fourth-order valence-electron chi connectivity index (χ4n) is 2.29. The van der Waals surface area contributed by atoms with Crippen molar-refractivity contribution in [1.82, 2.24) is 10.2 Å². The fourth-order valence-corrected chi connectivity index (χ4v) is 2.29. The quantitative estimate of drug-likeness (QED) is 0.882. The van der Waals surface area contributed by atoms with Crippen molar-refractivity contribution in [2.24, 2.45) is 0 Å². The van der Waals surface area contributed by atoms with Gasteiger partial charge in [0.2, 0.25) is 0 Å². The maximum atomic E-state index is 13.0. The lowest BCUT2D eigenvalue weighted by molar-refractivity contribution is -0.0158. The van der Waals surface area contributed by atoms with Gasteiger partial charge in [-0.15, -0.1) is 0 Å². The van der Waals surface area contributed by atoms with E-state index in [1.165, 1.54) is 18.3 Å². The van der Waals surface area contributed by atoms with E-state index in [1.54, 1.807) is 12.1 Å². The van der Waals surface area contributed by atoms with E-state index in [4.69, 9.17) is 9.47 Å². The molecule has 1 fully saturated rings. The molecule has 0 unspecified atom stereocenters. The van der Waals surface area contributed by atoms with E-state index in [2.05, 4.69) is 10.2 Å². The molecule has 2 aromatic rings. The van der Waals surface area contributed by atoms with Gasteiger partial charge in [-0.25, -0.2) is 9.18 Å². The second-order valence-electron chi connectivity index (χ2n) is 4.88. The van der Waals surface area contributed by atoms with Crippen LogP contribution in [0.3, 0.4) is 0 Å². The van der Waals surface area contributed by atoms with Crippen LogP contribution in [-0.2, 0) is 9.47 Å². The first kappa shape index (κ1) is 13.8. The van der Waals surface area contributed by atoms with Crippen molar-refractivity contribution in [3.05, 3.63) is 41.8 Å². The van der Waals surface area contributed by atoms with Crippen molar-refractivity contribution in [3.8, 4) is 11.3 Å². The highest BCUT2D eigenvalue weighted by Gasteiger charge is 2.22. The molecule has 5 nitrogen and oxygen atoms in total. The third-order valence-electron chi connectivity index (χ3n) is 3.43. The number of carbonyl (C=O) groups is 1. The SMILES string of the molecule is O=C(OC1CCOCC1)c1cn[nH]c1-c1ccc(F)cc1. The average molecular weight is 290 g/mol. The summed E-state index contributed by atoms with van der Waals surface area (Å²) < 4.78 is 23.7. The maximum Gasteiger partial charge on any atom is 0.342 e. The van der Waals surface area contributed by atoms with Crippen molar-refractivity contribution >= 4 is 5.97 Å². The third kappa shape index (κ3) is 3.11. The molecule has 1 aliphatic heterocycles. The monoisotopic (exact) mass is 290 g/mol. The van der Waals surface area contributed by atoms with Gasteiger partial charge in [0.05, 0.1) is 25.1 Å². The molecule has 0 saturated carbocycles. The summed E-state index contributed by atoms with van der Waals surface area (Å²) in [5.41, 5.74) is 1.58. The molecule has 2 heterocycles. The van der Waals surface area contributed by atoms with Crippen molar-refractivity contribution < 1.29 is 18.7 Å². The van der Waals surface area contributed by atoms with Gasteiger partial charge in [-0.1, -0.05) is 0 Å². The Bertz CT molecular complexity index is 618. The van der Waals surface area contributed by atoms with Gasteiger partial charge in [-0.05, 0) is 24.3 Å². The molecule has 1 aromatic heterocycles. The Morgan fingerprint density at radius 2 is 2.00 bits per heavy atom. The number of carbonyl (C=O) groups excluding carboxylic acids is 1. The first-order valence-corrected chi connectivity index (χ1v) is 6.82. The van der Waals surface area contributed by atoms with Crippen LogP contribution in [-0.4, -0.2) is 35.5 Å². The molecule has 21 heavy (non-hydrogen) atoms. The lowest BCUT2D eigenvalue weighted by Gasteiger charge is -2.22. The number of ether oxygens (including phenoxy) is 2. The van der Waals surface area contributed by atoms with E-state index >= 15 is 0 Å². The number of hydrogen-bond acceptors (Lipinski definition) is 4. The number of benzene rings is 1. The normalized spacial score (nSPS) is 15.9. The topological polar surface area (TPSA) is 64.2 Å². The molecule has 0 bridgehead atoms. The Hall–Kier alpha value is -2.21. The Labute approximate surface area is 121 Å². The number of aromatic amines is 1. The van der Waals surface area contributed by atoms with Gasteiger partial charge >= 0.3 is 5.97 Å². The van der Waals surface area contributed by atoms with Crippen LogP contribution in [0.25, 0.3) is 11.3 Å². The standard InChI is InChI=1S/C15H15FN2O3/c16-11-3-1-10(2-4-11)14-13(9-17-18-14)15(19)21-12-5-7-20-8-6-12/h1-4,9,12H,5-8H2,(H,17,18). The number of H-pyrrole nitrogens is 1. The molecule has 0 aliphatic carbocycles. The lowest BCUT2D eigenvalue weighted by atomic mass is 10.1. The van der Waals surface area contributed by atoms with Crippen LogP contribution in [0.2, 0.25) is 0 Å². The van der Waals surface area contributed by atoms with Gasteiger partial charge < -0.3 is 9.47 Å². The Morgan fingerprint density at radius 1 is 1.29 bits per heavy atom. The Kier molecular flexibility index (Phi) is 3.96. The molecule has 0 amide bonds. The number of aromatic nitrogens is 2. The highest BCUT2D eigenvalue weighted by molar-refractivity contribution is 5.96. The van der Waals surface area contributed by atoms with Crippen molar-refractivity contribution in [2.75, 3.05) is 13.2 Å². The summed E-state index contributed by atoms with van der Waals surface area (Å²) in [5, 5.41) is 6.65. The van der Waals surface area contributed by atoms with E-state index in [-0.39, 0.29) is 11.9 Å². The number of halogens is 1. The van der Waals surface area contributed by atoms with E-state index < -0.39 is 5.97 Å². The number of nitrogens with one attached hydrogen (secondary N) is 1. The molecular formula is C15H15FN2O3. The smallest absolute Gasteiger partial charge is 0.342 e. The maximum absolute atomic E-state index is 13.0. The molecule has 6 heteroatoms. The molecule has 110 valence electrons. The minimum Gasteiger partial charge on any atom is -0.459 e. The highest BCUT2D eigenvalue weighted by atomic mass is 19.1. The lowest BCUT2D eigenvalue weighted by Crippen LogP contribution is -2.26. The number of esters is 1. The largest absolute Gasteiger partial charge is 0.459 e. The van der Waals surface area contributed by atoms with E-state index in [1.807, 2.05) is 0 Å². The molecular weight excluding hydrogens is 275 g/mol. The van der Waals surface area contributed by atoms with E-state index in [0.29, 0.717) is 42.9 Å². The summed E-state index contributed by atoms with van der Waals surface area (Å²) in [5.74, 6) is -0.750. The fraction of sp³-hybridized carbons (Fsp3) is 0.333. The van der Waals surface area contributed by atoms with E-state index in [0.717, 1.165) is 0 Å². The molecule has 0 radical (unpaired) electrons. The average Bonchev–Trinajstić information content (AvgIpc) is 2.98. The zero-order valence-electron chi connectivity index (χ0n) is 11.3. The van der Waals surface area contributed by atoms with Gasteiger partial charge in [0.25, 0.3) is 0 Å². The Morgan fingerprint density at radius 3 is 2.71 bits per heavy atom. The molecule has 0 atom stereocenters. The van der Waals surface area contributed by atoms with Crippen molar-refractivity contribution in [1.29, 1.82) is 0 Å². The first-order valence-electron chi connectivity index (χ1n) is 6.82. The van der Waals surface area contributed by atoms with Crippen molar-refractivity contribution in [2.45, 2.75) is 18.9 Å². The molecule has 3 rings (SSSR count). The van der Waals surface area contributed by atoms with Crippen molar-refractivity contribution in [3.63, 3.8) is 0 Å². The van der Waals surface area contributed by atoms with Crippen LogP contribution in [0.1, 0.15) is 23.2 Å². The van der Waals surface area contributed by atoms with Crippen LogP contribution < -0.4 is 0 Å². The van der Waals surface area contributed by atoms with Crippen LogP contribution in [0, 0.1) is 5.82 Å².